The molecule has 0 aliphatic carbocycles. The molecule has 0 aromatic carbocycles. The number of hydrogen-bond acceptors (Lipinski definition) is 4. The lowest BCUT2D eigenvalue weighted by Crippen LogP contribution is -2.16. The zero-order chi connectivity index (χ0) is 14.8. The minimum absolute atomic E-state index is 0.340. The molecule has 0 N–H and O–H groups in total. The number of thiazole rings is 1. The topological polar surface area (TPSA) is 50.8 Å². The number of hydrogen-bond donors (Lipinski definition) is 0. The highest BCUT2D eigenvalue weighted by Gasteiger charge is 2.20. The molecular formula is C16H19N3OS. The Hall–Kier alpha value is -1.64. The summed E-state index contributed by atoms with van der Waals surface area (Å²) in [6, 6.07) is 4.34. The normalized spacial score (nSPS) is 18.0. The van der Waals surface area contributed by atoms with Gasteiger partial charge in [-0.1, -0.05) is 0 Å². The Bertz CT molecular complexity index is 674. The van der Waals surface area contributed by atoms with Crippen molar-refractivity contribution >= 4 is 11.3 Å². The Morgan fingerprint density at radius 3 is 3.10 bits per heavy atom. The number of nitrogens with zero attached hydrogens (tertiary/aromatic N) is 3. The molecule has 0 amide bonds. The van der Waals surface area contributed by atoms with Crippen LogP contribution in [0.15, 0.2) is 11.4 Å². The molecule has 0 spiro atoms. The molecule has 0 saturated carbocycles. The number of aromatic nitrogens is 2. The minimum Gasteiger partial charge on any atom is -0.376 e. The largest absolute Gasteiger partial charge is 0.376 e. The highest BCUT2D eigenvalue weighted by molar-refractivity contribution is 7.10. The molecule has 2 aromatic heterocycles. The van der Waals surface area contributed by atoms with E-state index < -0.39 is 0 Å². The van der Waals surface area contributed by atoms with Crippen LogP contribution in [-0.2, 0) is 17.7 Å². The second kappa shape index (κ2) is 6.00. The van der Waals surface area contributed by atoms with Gasteiger partial charge >= 0.3 is 0 Å². The highest BCUT2D eigenvalue weighted by Crippen LogP contribution is 2.29. The second-order valence-corrected chi connectivity index (χ2v) is 6.43. The molecule has 3 heterocycles. The van der Waals surface area contributed by atoms with Crippen LogP contribution in [0, 0.1) is 25.2 Å². The van der Waals surface area contributed by atoms with Gasteiger partial charge in [-0.15, -0.1) is 11.3 Å². The van der Waals surface area contributed by atoms with E-state index in [0.29, 0.717) is 12.5 Å². The van der Waals surface area contributed by atoms with Crippen LogP contribution in [0.5, 0.6) is 0 Å². The zero-order valence-electron chi connectivity index (χ0n) is 12.4. The van der Waals surface area contributed by atoms with Crippen LogP contribution < -0.4 is 0 Å². The van der Waals surface area contributed by atoms with E-state index >= 15 is 0 Å². The molecule has 1 aliphatic heterocycles. The van der Waals surface area contributed by atoms with Gasteiger partial charge in [0.1, 0.15) is 5.01 Å². The summed E-state index contributed by atoms with van der Waals surface area (Å²) in [7, 11) is 0. The van der Waals surface area contributed by atoms with Crippen molar-refractivity contribution in [2.24, 2.45) is 0 Å². The molecule has 1 aliphatic rings. The predicted molar refractivity (Wildman–Crippen MR) is 83.3 cm³/mol. The Labute approximate surface area is 129 Å². The fourth-order valence-electron chi connectivity index (χ4n) is 2.92. The third-order valence-electron chi connectivity index (χ3n) is 4.04. The van der Waals surface area contributed by atoms with E-state index in [2.05, 4.69) is 35.5 Å². The van der Waals surface area contributed by atoms with Crippen LogP contribution in [0.4, 0.5) is 0 Å². The van der Waals surface area contributed by atoms with Gasteiger partial charge in [0.05, 0.1) is 24.3 Å². The maximum absolute atomic E-state index is 8.76. The van der Waals surface area contributed by atoms with Gasteiger partial charge < -0.3 is 9.30 Å². The molecule has 0 bridgehead atoms. The molecule has 2 aromatic rings. The Kier molecular flexibility index (Phi) is 4.09. The SMILES string of the molecule is Cc1cc(-c2csc(CC#N)n2)c(C)n1C[C@@H]1CCCO1. The van der Waals surface area contributed by atoms with E-state index in [0.717, 1.165) is 30.3 Å². The van der Waals surface area contributed by atoms with Gasteiger partial charge in [-0.3, -0.25) is 0 Å². The number of aryl methyl sites for hydroxylation is 1. The molecule has 1 saturated heterocycles. The molecule has 4 nitrogen and oxygen atoms in total. The predicted octanol–water partition coefficient (Wildman–Crippen LogP) is 3.47. The quantitative estimate of drug-likeness (QED) is 0.869. The van der Waals surface area contributed by atoms with Crippen molar-refractivity contribution in [3.8, 4) is 17.3 Å². The van der Waals surface area contributed by atoms with Gasteiger partial charge in [-0.05, 0) is 32.8 Å². The zero-order valence-corrected chi connectivity index (χ0v) is 13.2. The summed E-state index contributed by atoms with van der Waals surface area (Å²) in [5.41, 5.74) is 4.63. The fourth-order valence-corrected chi connectivity index (χ4v) is 3.64. The van der Waals surface area contributed by atoms with E-state index in [-0.39, 0.29) is 0 Å². The maximum atomic E-state index is 8.76. The number of nitriles is 1. The van der Waals surface area contributed by atoms with Crippen molar-refractivity contribution < 1.29 is 4.74 Å². The highest BCUT2D eigenvalue weighted by atomic mass is 32.1. The fraction of sp³-hybridized carbons (Fsp3) is 0.500. The van der Waals surface area contributed by atoms with E-state index in [1.807, 2.05) is 5.38 Å². The van der Waals surface area contributed by atoms with E-state index in [1.54, 1.807) is 11.3 Å². The van der Waals surface area contributed by atoms with Crippen LogP contribution in [0.3, 0.4) is 0 Å². The smallest absolute Gasteiger partial charge is 0.107 e. The Balaban J connectivity index is 1.87. The standard InChI is InChI=1S/C16H19N3OS/c1-11-8-14(15-10-21-16(18-15)5-6-17)12(2)19(11)9-13-4-3-7-20-13/h8,10,13H,3-5,7,9H2,1-2H3/t13-/m0/s1. The molecule has 21 heavy (non-hydrogen) atoms. The lowest BCUT2D eigenvalue weighted by molar-refractivity contribution is 0.0962. The van der Waals surface area contributed by atoms with Crippen molar-refractivity contribution in [3.05, 3.63) is 27.8 Å². The van der Waals surface area contributed by atoms with Gasteiger partial charge in [0.2, 0.25) is 0 Å². The lowest BCUT2D eigenvalue weighted by Gasteiger charge is -2.14. The Morgan fingerprint density at radius 1 is 1.52 bits per heavy atom. The maximum Gasteiger partial charge on any atom is 0.107 e. The van der Waals surface area contributed by atoms with Crippen LogP contribution in [0.1, 0.15) is 29.2 Å². The number of ether oxygens (including phenoxy) is 1. The van der Waals surface area contributed by atoms with Gasteiger partial charge in [0.15, 0.2) is 0 Å². The van der Waals surface area contributed by atoms with E-state index in [1.165, 1.54) is 23.4 Å². The molecule has 0 unspecified atom stereocenters. The summed E-state index contributed by atoms with van der Waals surface area (Å²) in [5, 5.41) is 11.7. The molecule has 1 atom stereocenters. The molecule has 3 rings (SSSR count). The monoisotopic (exact) mass is 301 g/mol. The van der Waals surface area contributed by atoms with Crippen LogP contribution in [0.2, 0.25) is 0 Å². The summed E-state index contributed by atoms with van der Waals surface area (Å²) < 4.78 is 8.08. The summed E-state index contributed by atoms with van der Waals surface area (Å²) in [4.78, 5) is 4.57. The average Bonchev–Trinajstić information content (AvgIpc) is 3.17. The number of rotatable bonds is 4. The van der Waals surface area contributed by atoms with Gasteiger partial charge in [-0.2, -0.15) is 5.26 Å². The van der Waals surface area contributed by atoms with Crippen molar-refractivity contribution in [1.29, 1.82) is 5.26 Å². The molecule has 5 heteroatoms. The summed E-state index contributed by atoms with van der Waals surface area (Å²) in [5.74, 6) is 0. The van der Waals surface area contributed by atoms with Crippen LogP contribution >= 0.6 is 11.3 Å². The molecule has 110 valence electrons. The first-order valence-electron chi connectivity index (χ1n) is 7.29. The third kappa shape index (κ3) is 2.87. The first-order valence-corrected chi connectivity index (χ1v) is 8.17. The van der Waals surface area contributed by atoms with Gasteiger partial charge in [-0.25, -0.2) is 4.98 Å². The van der Waals surface area contributed by atoms with Crippen molar-refractivity contribution in [1.82, 2.24) is 9.55 Å². The van der Waals surface area contributed by atoms with Crippen LogP contribution in [-0.4, -0.2) is 22.3 Å². The van der Waals surface area contributed by atoms with E-state index in [4.69, 9.17) is 10.00 Å². The lowest BCUT2D eigenvalue weighted by atomic mass is 10.2. The summed E-state index contributed by atoms with van der Waals surface area (Å²) >= 11 is 1.56. The molecular weight excluding hydrogens is 282 g/mol. The third-order valence-corrected chi connectivity index (χ3v) is 4.89. The Morgan fingerprint density at radius 2 is 2.38 bits per heavy atom. The summed E-state index contributed by atoms with van der Waals surface area (Å²) in [6.45, 7) is 6.09. The summed E-state index contributed by atoms with van der Waals surface area (Å²) in [6.07, 6.45) is 3.04. The van der Waals surface area contributed by atoms with Gasteiger partial charge in [0.25, 0.3) is 0 Å². The van der Waals surface area contributed by atoms with Crippen molar-refractivity contribution in [3.63, 3.8) is 0 Å². The van der Waals surface area contributed by atoms with E-state index in [9.17, 15) is 0 Å². The van der Waals surface area contributed by atoms with Crippen LogP contribution in [0.25, 0.3) is 11.3 Å². The molecule has 0 radical (unpaired) electrons. The first-order chi connectivity index (χ1) is 10.2. The van der Waals surface area contributed by atoms with Crippen molar-refractivity contribution in [2.75, 3.05) is 6.61 Å². The van der Waals surface area contributed by atoms with Crippen molar-refractivity contribution in [2.45, 2.75) is 45.8 Å². The van der Waals surface area contributed by atoms with Gasteiger partial charge in [0, 0.05) is 35.5 Å². The first kappa shape index (κ1) is 14.3. The second-order valence-electron chi connectivity index (χ2n) is 5.49. The average molecular weight is 301 g/mol. The molecule has 1 fully saturated rings. The minimum atomic E-state index is 0.340.